The zero-order valence-corrected chi connectivity index (χ0v) is 12.0. The van der Waals surface area contributed by atoms with E-state index < -0.39 is 0 Å². The molecule has 0 aliphatic carbocycles. The average molecular weight is 264 g/mol. The van der Waals surface area contributed by atoms with E-state index in [-0.39, 0.29) is 6.10 Å². The quantitative estimate of drug-likeness (QED) is 0.831. The highest BCUT2D eigenvalue weighted by Crippen LogP contribution is 2.27. The summed E-state index contributed by atoms with van der Waals surface area (Å²) >= 11 is 0. The molecule has 1 fully saturated rings. The third-order valence-corrected chi connectivity index (χ3v) is 3.40. The lowest BCUT2D eigenvalue weighted by Gasteiger charge is -2.28. The van der Waals surface area contributed by atoms with E-state index in [0.29, 0.717) is 12.6 Å². The smallest absolute Gasteiger partial charge is 0.127 e. The summed E-state index contributed by atoms with van der Waals surface area (Å²) in [6.07, 6.45) is 2.42. The maximum Gasteiger partial charge on any atom is 0.127 e. The summed E-state index contributed by atoms with van der Waals surface area (Å²) in [5, 5.41) is 13.2. The van der Waals surface area contributed by atoms with Crippen molar-refractivity contribution in [2.45, 2.75) is 25.5 Å². The van der Waals surface area contributed by atoms with Gasteiger partial charge in [-0.05, 0) is 33.5 Å². The molecule has 0 spiro atoms. The molecule has 2 unspecified atom stereocenters. The molecular formula is C14H24N4O. The predicted octanol–water partition coefficient (Wildman–Crippen LogP) is 1.01. The van der Waals surface area contributed by atoms with E-state index in [1.165, 1.54) is 0 Å². The fourth-order valence-corrected chi connectivity index (χ4v) is 2.68. The second kappa shape index (κ2) is 6.21. The van der Waals surface area contributed by atoms with Gasteiger partial charge in [0.05, 0.1) is 6.10 Å². The molecule has 2 atom stereocenters. The van der Waals surface area contributed by atoms with Crippen molar-refractivity contribution in [2.24, 2.45) is 0 Å². The highest BCUT2D eigenvalue weighted by atomic mass is 16.3. The Morgan fingerprint density at radius 3 is 3.00 bits per heavy atom. The van der Waals surface area contributed by atoms with Crippen LogP contribution in [0.25, 0.3) is 0 Å². The Bertz CT molecular complexity index is 410. The molecule has 1 aromatic rings. The van der Waals surface area contributed by atoms with Gasteiger partial charge in [-0.3, -0.25) is 0 Å². The van der Waals surface area contributed by atoms with Gasteiger partial charge < -0.3 is 20.2 Å². The van der Waals surface area contributed by atoms with Gasteiger partial charge in [-0.25, -0.2) is 4.98 Å². The molecule has 0 radical (unpaired) electrons. The van der Waals surface area contributed by atoms with E-state index in [2.05, 4.69) is 47.2 Å². The first-order chi connectivity index (χ1) is 9.10. The normalized spacial score (nSPS) is 23.1. The number of likely N-dealkylation sites (N-methyl/N-ethyl adjacent to an activating group) is 1. The van der Waals surface area contributed by atoms with Crippen LogP contribution in [-0.4, -0.2) is 60.9 Å². The van der Waals surface area contributed by atoms with Gasteiger partial charge in [-0.1, -0.05) is 0 Å². The molecule has 1 saturated heterocycles. The molecule has 5 nitrogen and oxygen atoms in total. The van der Waals surface area contributed by atoms with Crippen molar-refractivity contribution in [2.75, 3.05) is 43.9 Å². The minimum absolute atomic E-state index is 0.235. The topological polar surface area (TPSA) is 51.6 Å². The zero-order chi connectivity index (χ0) is 13.8. The number of aliphatic hydroxyl groups excluding tert-OH is 1. The molecule has 0 bridgehead atoms. The Morgan fingerprint density at radius 2 is 2.32 bits per heavy atom. The number of nitrogens with zero attached hydrogens (tertiary/aromatic N) is 3. The van der Waals surface area contributed by atoms with E-state index in [1.54, 1.807) is 0 Å². The molecule has 0 saturated carbocycles. The first-order valence-electron chi connectivity index (χ1n) is 6.89. The summed E-state index contributed by atoms with van der Waals surface area (Å²) in [7, 11) is 4.14. The van der Waals surface area contributed by atoms with E-state index in [4.69, 9.17) is 0 Å². The van der Waals surface area contributed by atoms with Crippen LogP contribution in [0.4, 0.5) is 11.5 Å². The van der Waals surface area contributed by atoms with Crippen LogP contribution < -0.4 is 10.2 Å². The summed E-state index contributed by atoms with van der Waals surface area (Å²) in [5.74, 6) is 0.894. The van der Waals surface area contributed by atoms with Crippen molar-refractivity contribution in [1.82, 2.24) is 9.88 Å². The SMILES string of the molecule is CCNc1cc(N2CC(O)CC2CN(C)C)ccn1. The van der Waals surface area contributed by atoms with Crippen LogP contribution >= 0.6 is 0 Å². The number of aliphatic hydroxyl groups is 1. The van der Waals surface area contributed by atoms with Gasteiger partial charge in [0.1, 0.15) is 5.82 Å². The average Bonchev–Trinajstić information content (AvgIpc) is 2.70. The summed E-state index contributed by atoms with van der Waals surface area (Å²) < 4.78 is 0. The van der Waals surface area contributed by atoms with Crippen molar-refractivity contribution >= 4 is 11.5 Å². The van der Waals surface area contributed by atoms with E-state index in [1.807, 2.05) is 12.3 Å². The molecule has 106 valence electrons. The Kier molecular flexibility index (Phi) is 4.61. The number of hydrogen-bond donors (Lipinski definition) is 2. The highest BCUT2D eigenvalue weighted by molar-refractivity contribution is 5.55. The monoisotopic (exact) mass is 264 g/mol. The first kappa shape index (κ1) is 14.1. The number of pyridine rings is 1. The molecule has 2 heterocycles. The lowest BCUT2D eigenvalue weighted by Crippen LogP contribution is -2.37. The van der Waals surface area contributed by atoms with Crippen molar-refractivity contribution in [3.63, 3.8) is 0 Å². The summed E-state index contributed by atoms with van der Waals surface area (Å²) in [4.78, 5) is 8.75. The largest absolute Gasteiger partial charge is 0.391 e. The molecule has 5 heteroatoms. The molecule has 2 rings (SSSR count). The third kappa shape index (κ3) is 3.58. The van der Waals surface area contributed by atoms with Gasteiger partial charge in [0.25, 0.3) is 0 Å². The van der Waals surface area contributed by atoms with Crippen LogP contribution in [0.3, 0.4) is 0 Å². The number of nitrogens with one attached hydrogen (secondary N) is 1. The van der Waals surface area contributed by atoms with Gasteiger partial charge in [0.2, 0.25) is 0 Å². The second-order valence-electron chi connectivity index (χ2n) is 5.39. The van der Waals surface area contributed by atoms with E-state index in [0.717, 1.165) is 31.0 Å². The summed E-state index contributed by atoms with van der Waals surface area (Å²) in [6.45, 7) is 4.58. The maximum absolute atomic E-state index is 9.93. The third-order valence-electron chi connectivity index (χ3n) is 3.40. The van der Waals surface area contributed by atoms with Crippen LogP contribution in [0.1, 0.15) is 13.3 Å². The Morgan fingerprint density at radius 1 is 1.53 bits per heavy atom. The Hall–Kier alpha value is -1.33. The fraction of sp³-hybridized carbons (Fsp3) is 0.643. The van der Waals surface area contributed by atoms with Gasteiger partial charge in [0.15, 0.2) is 0 Å². The highest BCUT2D eigenvalue weighted by Gasteiger charge is 2.31. The zero-order valence-electron chi connectivity index (χ0n) is 12.0. The van der Waals surface area contributed by atoms with Gasteiger partial charge in [-0.2, -0.15) is 0 Å². The number of hydrogen-bond acceptors (Lipinski definition) is 5. The first-order valence-corrected chi connectivity index (χ1v) is 6.89. The van der Waals surface area contributed by atoms with Crippen molar-refractivity contribution in [3.05, 3.63) is 18.3 Å². The molecular weight excluding hydrogens is 240 g/mol. The van der Waals surface area contributed by atoms with E-state index >= 15 is 0 Å². The molecule has 2 N–H and O–H groups in total. The molecule has 1 aromatic heterocycles. The van der Waals surface area contributed by atoms with Crippen molar-refractivity contribution < 1.29 is 5.11 Å². The van der Waals surface area contributed by atoms with Crippen LogP contribution in [0.5, 0.6) is 0 Å². The number of β-amino-alcohol motifs (C(OH)–C–C–N with tert-alkyl or cyclic N) is 1. The number of anilines is 2. The lowest BCUT2D eigenvalue weighted by molar-refractivity contribution is 0.191. The Balaban J connectivity index is 2.16. The van der Waals surface area contributed by atoms with Crippen molar-refractivity contribution in [3.8, 4) is 0 Å². The number of rotatable bonds is 5. The van der Waals surface area contributed by atoms with Gasteiger partial charge in [0, 0.05) is 43.6 Å². The lowest BCUT2D eigenvalue weighted by atomic mass is 10.2. The molecule has 0 aromatic carbocycles. The molecule has 0 amide bonds. The summed E-state index contributed by atoms with van der Waals surface area (Å²) in [6, 6.07) is 4.44. The van der Waals surface area contributed by atoms with Gasteiger partial charge >= 0.3 is 0 Å². The van der Waals surface area contributed by atoms with Crippen LogP contribution in [-0.2, 0) is 0 Å². The molecule has 19 heavy (non-hydrogen) atoms. The summed E-state index contributed by atoms with van der Waals surface area (Å²) in [5.41, 5.74) is 1.13. The fourth-order valence-electron chi connectivity index (χ4n) is 2.68. The standard InChI is InChI=1S/C14H24N4O/c1-4-15-14-8-11(5-6-16-14)18-10-13(19)7-12(18)9-17(2)3/h5-6,8,12-13,19H,4,7,9-10H2,1-3H3,(H,15,16). The maximum atomic E-state index is 9.93. The second-order valence-corrected chi connectivity index (χ2v) is 5.39. The Labute approximate surface area is 115 Å². The van der Waals surface area contributed by atoms with Crippen molar-refractivity contribution in [1.29, 1.82) is 0 Å². The van der Waals surface area contributed by atoms with E-state index in [9.17, 15) is 5.11 Å². The molecule has 1 aliphatic rings. The van der Waals surface area contributed by atoms with Crippen LogP contribution in [0, 0.1) is 0 Å². The molecule has 1 aliphatic heterocycles. The van der Waals surface area contributed by atoms with Crippen LogP contribution in [0.2, 0.25) is 0 Å². The van der Waals surface area contributed by atoms with Crippen LogP contribution in [0.15, 0.2) is 18.3 Å². The minimum atomic E-state index is -0.235. The number of aromatic nitrogens is 1. The predicted molar refractivity (Wildman–Crippen MR) is 78.7 cm³/mol. The van der Waals surface area contributed by atoms with Gasteiger partial charge in [-0.15, -0.1) is 0 Å². The minimum Gasteiger partial charge on any atom is -0.391 e.